The standard InChI is InChI=1S/C13H14N2O2/c1-9-13(10-5-3-2-4-6-10)11(15-14-9)7-8-12(16)17/h2-6H,7-8H2,1H3,(H,14,15)(H,16,17). The van der Waals surface area contributed by atoms with Crippen LogP contribution in [0, 0.1) is 6.92 Å². The van der Waals surface area contributed by atoms with E-state index in [0.29, 0.717) is 6.42 Å². The van der Waals surface area contributed by atoms with E-state index in [0.717, 1.165) is 22.5 Å². The molecule has 2 N–H and O–H groups in total. The number of benzene rings is 1. The number of nitrogens with one attached hydrogen (secondary N) is 1. The molecule has 0 fully saturated rings. The predicted molar refractivity (Wildman–Crippen MR) is 64.7 cm³/mol. The van der Waals surface area contributed by atoms with Crippen molar-refractivity contribution in [3.63, 3.8) is 0 Å². The molecule has 1 aromatic carbocycles. The lowest BCUT2D eigenvalue weighted by Crippen LogP contribution is -1.99. The number of aromatic nitrogens is 2. The van der Waals surface area contributed by atoms with Crippen LogP contribution in [0.15, 0.2) is 30.3 Å². The van der Waals surface area contributed by atoms with Gasteiger partial charge in [0.15, 0.2) is 0 Å². The Labute approximate surface area is 99.3 Å². The molecule has 1 aromatic heterocycles. The molecule has 0 saturated heterocycles. The Bertz CT molecular complexity index is 517. The zero-order valence-electron chi connectivity index (χ0n) is 9.60. The van der Waals surface area contributed by atoms with Crippen molar-refractivity contribution in [3.05, 3.63) is 41.7 Å². The van der Waals surface area contributed by atoms with E-state index in [-0.39, 0.29) is 6.42 Å². The highest BCUT2D eigenvalue weighted by molar-refractivity contribution is 5.70. The van der Waals surface area contributed by atoms with Crippen LogP contribution in [0.1, 0.15) is 17.8 Å². The van der Waals surface area contributed by atoms with Gasteiger partial charge in [-0.15, -0.1) is 0 Å². The molecular formula is C13H14N2O2. The van der Waals surface area contributed by atoms with Gasteiger partial charge in [0.2, 0.25) is 0 Å². The van der Waals surface area contributed by atoms with Gasteiger partial charge in [-0.05, 0) is 12.5 Å². The molecule has 0 spiro atoms. The zero-order valence-corrected chi connectivity index (χ0v) is 9.60. The first-order valence-corrected chi connectivity index (χ1v) is 5.49. The number of carbonyl (C=O) groups is 1. The summed E-state index contributed by atoms with van der Waals surface area (Å²) in [7, 11) is 0. The molecule has 0 amide bonds. The van der Waals surface area contributed by atoms with E-state index in [2.05, 4.69) is 10.2 Å². The summed E-state index contributed by atoms with van der Waals surface area (Å²) < 4.78 is 0. The van der Waals surface area contributed by atoms with Crippen LogP contribution in [0.5, 0.6) is 0 Å². The van der Waals surface area contributed by atoms with Gasteiger partial charge in [-0.1, -0.05) is 30.3 Å². The minimum atomic E-state index is -0.801. The normalized spacial score (nSPS) is 10.4. The van der Waals surface area contributed by atoms with Gasteiger partial charge in [-0.2, -0.15) is 5.10 Å². The topological polar surface area (TPSA) is 66.0 Å². The summed E-state index contributed by atoms with van der Waals surface area (Å²) in [5.41, 5.74) is 3.87. The SMILES string of the molecule is Cc1[nH]nc(CCC(=O)O)c1-c1ccccc1. The first kappa shape index (κ1) is 11.4. The Morgan fingerprint density at radius 1 is 1.35 bits per heavy atom. The Morgan fingerprint density at radius 3 is 2.71 bits per heavy atom. The first-order chi connectivity index (χ1) is 8.18. The molecule has 0 unspecified atom stereocenters. The molecular weight excluding hydrogens is 216 g/mol. The molecule has 1 heterocycles. The van der Waals surface area contributed by atoms with Gasteiger partial charge in [0.25, 0.3) is 0 Å². The van der Waals surface area contributed by atoms with E-state index in [1.54, 1.807) is 0 Å². The molecule has 0 aliphatic rings. The third-order valence-corrected chi connectivity index (χ3v) is 2.66. The van der Waals surface area contributed by atoms with Crippen molar-refractivity contribution >= 4 is 5.97 Å². The molecule has 0 atom stereocenters. The number of H-pyrrole nitrogens is 1. The number of hydrogen-bond acceptors (Lipinski definition) is 2. The van der Waals surface area contributed by atoms with Crippen LogP contribution in [0.3, 0.4) is 0 Å². The fourth-order valence-corrected chi connectivity index (χ4v) is 1.87. The highest BCUT2D eigenvalue weighted by Crippen LogP contribution is 2.26. The second kappa shape index (κ2) is 4.82. The molecule has 88 valence electrons. The number of aromatic amines is 1. The van der Waals surface area contributed by atoms with Crippen LogP contribution in [0.25, 0.3) is 11.1 Å². The summed E-state index contributed by atoms with van der Waals surface area (Å²) >= 11 is 0. The van der Waals surface area contributed by atoms with E-state index < -0.39 is 5.97 Å². The van der Waals surface area contributed by atoms with Gasteiger partial charge >= 0.3 is 5.97 Å². The average Bonchev–Trinajstić information content (AvgIpc) is 2.69. The quantitative estimate of drug-likeness (QED) is 0.847. The molecule has 0 bridgehead atoms. The van der Waals surface area contributed by atoms with Crippen LogP contribution < -0.4 is 0 Å². The summed E-state index contributed by atoms with van der Waals surface area (Å²) in [6, 6.07) is 9.88. The largest absolute Gasteiger partial charge is 0.481 e. The Morgan fingerprint density at radius 2 is 2.06 bits per heavy atom. The third-order valence-electron chi connectivity index (χ3n) is 2.66. The van der Waals surface area contributed by atoms with Crippen molar-refractivity contribution in [1.29, 1.82) is 0 Å². The number of rotatable bonds is 4. The number of carboxylic acids is 1. The van der Waals surface area contributed by atoms with Crippen LogP contribution >= 0.6 is 0 Å². The minimum absolute atomic E-state index is 0.101. The molecule has 0 radical (unpaired) electrons. The van der Waals surface area contributed by atoms with Crippen LogP contribution in [-0.2, 0) is 11.2 Å². The smallest absolute Gasteiger partial charge is 0.303 e. The molecule has 0 aliphatic carbocycles. The van der Waals surface area contributed by atoms with E-state index in [1.165, 1.54) is 0 Å². The van der Waals surface area contributed by atoms with Crippen molar-refractivity contribution in [3.8, 4) is 11.1 Å². The van der Waals surface area contributed by atoms with E-state index in [1.807, 2.05) is 37.3 Å². The number of aryl methyl sites for hydroxylation is 2. The van der Waals surface area contributed by atoms with Crippen LogP contribution in [0.2, 0.25) is 0 Å². The van der Waals surface area contributed by atoms with Crippen LogP contribution in [-0.4, -0.2) is 21.3 Å². The maximum Gasteiger partial charge on any atom is 0.303 e. The maximum atomic E-state index is 10.6. The number of carboxylic acid groups (broad SMARTS) is 1. The van der Waals surface area contributed by atoms with Crippen LogP contribution in [0.4, 0.5) is 0 Å². The van der Waals surface area contributed by atoms with Gasteiger partial charge in [0, 0.05) is 17.7 Å². The summed E-state index contributed by atoms with van der Waals surface area (Å²) in [6.07, 6.45) is 0.550. The minimum Gasteiger partial charge on any atom is -0.481 e. The van der Waals surface area contributed by atoms with Gasteiger partial charge in [-0.25, -0.2) is 0 Å². The summed E-state index contributed by atoms with van der Waals surface area (Å²) in [5.74, 6) is -0.801. The zero-order chi connectivity index (χ0) is 12.3. The van der Waals surface area contributed by atoms with Gasteiger partial charge in [0.1, 0.15) is 0 Å². The lowest BCUT2D eigenvalue weighted by atomic mass is 10.0. The monoisotopic (exact) mass is 230 g/mol. The van der Waals surface area contributed by atoms with Crippen molar-refractivity contribution in [2.24, 2.45) is 0 Å². The van der Waals surface area contributed by atoms with Gasteiger partial charge in [-0.3, -0.25) is 9.89 Å². The predicted octanol–water partition coefficient (Wildman–Crippen LogP) is 2.40. The van der Waals surface area contributed by atoms with Crippen molar-refractivity contribution in [1.82, 2.24) is 10.2 Å². The molecule has 17 heavy (non-hydrogen) atoms. The fraction of sp³-hybridized carbons (Fsp3) is 0.231. The fourth-order valence-electron chi connectivity index (χ4n) is 1.87. The Hall–Kier alpha value is -2.10. The third kappa shape index (κ3) is 2.53. The molecule has 0 saturated carbocycles. The molecule has 4 heteroatoms. The Balaban J connectivity index is 2.33. The molecule has 0 aliphatic heterocycles. The lowest BCUT2D eigenvalue weighted by Gasteiger charge is -2.02. The number of aliphatic carboxylic acids is 1. The second-order valence-electron chi connectivity index (χ2n) is 3.93. The summed E-state index contributed by atoms with van der Waals surface area (Å²) in [6.45, 7) is 1.94. The summed E-state index contributed by atoms with van der Waals surface area (Å²) in [5, 5.41) is 15.8. The highest BCUT2D eigenvalue weighted by atomic mass is 16.4. The number of nitrogens with zero attached hydrogens (tertiary/aromatic N) is 1. The second-order valence-corrected chi connectivity index (χ2v) is 3.93. The van der Waals surface area contributed by atoms with Gasteiger partial charge < -0.3 is 5.11 Å². The summed E-state index contributed by atoms with van der Waals surface area (Å²) in [4.78, 5) is 10.6. The number of hydrogen-bond donors (Lipinski definition) is 2. The molecule has 2 rings (SSSR count). The van der Waals surface area contributed by atoms with E-state index in [9.17, 15) is 4.79 Å². The first-order valence-electron chi connectivity index (χ1n) is 5.49. The van der Waals surface area contributed by atoms with Crippen molar-refractivity contribution < 1.29 is 9.90 Å². The Kier molecular flexibility index (Phi) is 3.23. The van der Waals surface area contributed by atoms with E-state index >= 15 is 0 Å². The lowest BCUT2D eigenvalue weighted by molar-refractivity contribution is -0.136. The van der Waals surface area contributed by atoms with Crippen molar-refractivity contribution in [2.45, 2.75) is 19.8 Å². The molecule has 4 nitrogen and oxygen atoms in total. The highest BCUT2D eigenvalue weighted by Gasteiger charge is 2.12. The maximum absolute atomic E-state index is 10.6. The van der Waals surface area contributed by atoms with E-state index in [4.69, 9.17) is 5.11 Å². The average molecular weight is 230 g/mol. The molecule has 2 aromatic rings. The van der Waals surface area contributed by atoms with Gasteiger partial charge in [0.05, 0.1) is 12.1 Å². The van der Waals surface area contributed by atoms with Crippen molar-refractivity contribution in [2.75, 3.05) is 0 Å².